The molecule has 1 aliphatic heterocycles. The lowest BCUT2D eigenvalue weighted by Gasteiger charge is -2.18. The second-order valence-electron chi connectivity index (χ2n) is 5.05. The van der Waals surface area contributed by atoms with Gasteiger partial charge in [0.2, 0.25) is 5.91 Å². The molecule has 0 aliphatic carbocycles. The van der Waals surface area contributed by atoms with Crippen LogP contribution in [0.4, 0.5) is 5.69 Å². The topological polar surface area (TPSA) is 29.5 Å². The van der Waals surface area contributed by atoms with Crippen molar-refractivity contribution in [3.8, 4) is 5.75 Å². The number of carbonyl (C=O) groups excluding carboxylic acids is 1. The summed E-state index contributed by atoms with van der Waals surface area (Å²) in [6.45, 7) is 2.57. The van der Waals surface area contributed by atoms with Crippen molar-refractivity contribution in [3.05, 3.63) is 59.7 Å². The van der Waals surface area contributed by atoms with Gasteiger partial charge in [0.15, 0.2) is 0 Å². The Labute approximate surface area is 118 Å². The Morgan fingerprint density at radius 1 is 1.10 bits per heavy atom. The van der Waals surface area contributed by atoms with Gasteiger partial charge in [-0.2, -0.15) is 0 Å². The Kier molecular flexibility index (Phi) is 3.18. The van der Waals surface area contributed by atoms with Crippen molar-refractivity contribution in [2.75, 3.05) is 12.0 Å². The van der Waals surface area contributed by atoms with Crippen LogP contribution in [0, 0.1) is 0 Å². The fourth-order valence-corrected chi connectivity index (χ4v) is 2.66. The summed E-state index contributed by atoms with van der Waals surface area (Å²) >= 11 is 0. The summed E-state index contributed by atoms with van der Waals surface area (Å²) < 4.78 is 5.15. The van der Waals surface area contributed by atoms with Crippen molar-refractivity contribution in [3.63, 3.8) is 0 Å². The number of para-hydroxylation sites is 1. The van der Waals surface area contributed by atoms with Crippen LogP contribution in [0.5, 0.6) is 5.75 Å². The molecular formula is C17H17NO2. The van der Waals surface area contributed by atoms with Crippen molar-refractivity contribution in [2.45, 2.75) is 19.4 Å². The predicted octanol–water partition coefficient (Wildman–Crippen LogP) is 3.35. The first kappa shape index (κ1) is 12.7. The SMILES string of the molecule is COc1ccc(CN2C(=O)C(C)c3ccccc32)cc1. The number of rotatable bonds is 3. The lowest BCUT2D eigenvalue weighted by atomic mass is 10.0. The Morgan fingerprint density at radius 3 is 2.50 bits per heavy atom. The minimum atomic E-state index is -0.0514. The van der Waals surface area contributed by atoms with E-state index in [1.807, 2.05) is 60.4 Å². The summed E-state index contributed by atoms with van der Waals surface area (Å²) in [5.41, 5.74) is 3.25. The maximum absolute atomic E-state index is 12.4. The van der Waals surface area contributed by atoms with E-state index in [0.717, 1.165) is 22.6 Å². The van der Waals surface area contributed by atoms with Crippen LogP contribution >= 0.6 is 0 Å². The molecule has 102 valence electrons. The van der Waals surface area contributed by atoms with Gasteiger partial charge in [-0.1, -0.05) is 30.3 Å². The van der Waals surface area contributed by atoms with Gasteiger partial charge in [-0.3, -0.25) is 4.79 Å². The van der Waals surface area contributed by atoms with Gasteiger partial charge in [-0.05, 0) is 36.2 Å². The highest BCUT2D eigenvalue weighted by Gasteiger charge is 2.33. The third-order valence-electron chi connectivity index (χ3n) is 3.83. The van der Waals surface area contributed by atoms with Crippen molar-refractivity contribution < 1.29 is 9.53 Å². The molecule has 0 saturated carbocycles. The Hall–Kier alpha value is -2.29. The third-order valence-corrected chi connectivity index (χ3v) is 3.83. The molecule has 2 aromatic carbocycles. The Balaban J connectivity index is 1.88. The molecule has 0 bridgehead atoms. The van der Waals surface area contributed by atoms with E-state index in [9.17, 15) is 4.79 Å². The van der Waals surface area contributed by atoms with E-state index < -0.39 is 0 Å². The van der Waals surface area contributed by atoms with Crippen LogP contribution in [0.25, 0.3) is 0 Å². The number of hydrogen-bond acceptors (Lipinski definition) is 2. The average molecular weight is 267 g/mol. The summed E-state index contributed by atoms with van der Waals surface area (Å²) in [6, 6.07) is 15.8. The van der Waals surface area contributed by atoms with Crippen molar-refractivity contribution in [2.24, 2.45) is 0 Å². The highest BCUT2D eigenvalue weighted by atomic mass is 16.5. The van der Waals surface area contributed by atoms with Gasteiger partial charge in [0.25, 0.3) is 0 Å². The first-order valence-electron chi connectivity index (χ1n) is 6.74. The number of methoxy groups -OCH3 is 1. The molecular weight excluding hydrogens is 250 g/mol. The number of ether oxygens (including phenoxy) is 1. The molecule has 0 N–H and O–H groups in total. The normalized spacial score (nSPS) is 17.2. The molecule has 1 amide bonds. The van der Waals surface area contributed by atoms with Crippen molar-refractivity contribution in [1.29, 1.82) is 0 Å². The summed E-state index contributed by atoms with van der Waals surface area (Å²) in [4.78, 5) is 14.3. The molecule has 20 heavy (non-hydrogen) atoms. The van der Waals surface area contributed by atoms with Crippen LogP contribution in [-0.2, 0) is 11.3 Å². The number of amides is 1. The zero-order valence-corrected chi connectivity index (χ0v) is 11.7. The second-order valence-corrected chi connectivity index (χ2v) is 5.05. The van der Waals surface area contributed by atoms with Gasteiger partial charge < -0.3 is 9.64 Å². The van der Waals surface area contributed by atoms with Crippen molar-refractivity contribution >= 4 is 11.6 Å². The standard InChI is InChI=1S/C17H17NO2/c1-12-15-5-3-4-6-16(15)18(17(12)19)11-13-7-9-14(20-2)10-8-13/h3-10,12H,11H2,1-2H3. The van der Waals surface area contributed by atoms with Crippen LogP contribution in [0.1, 0.15) is 24.0 Å². The first-order chi connectivity index (χ1) is 9.70. The van der Waals surface area contributed by atoms with Gasteiger partial charge in [-0.25, -0.2) is 0 Å². The molecule has 1 unspecified atom stereocenters. The fourth-order valence-electron chi connectivity index (χ4n) is 2.66. The molecule has 1 atom stereocenters. The molecule has 0 radical (unpaired) electrons. The first-order valence-corrected chi connectivity index (χ1v) is 6.74. The van der Waals surface area contributed by atoms with Crippen LogP contribution in [0.15, 0.2) is 48.5 Å². The molecule has 1 aliphatic rings. The Bertz CT molecular complexity index is 634. The molecule has 2 aromatic rings. The van der Waals surface area contributed by atoms with Gasteiger partial charge in [0.1, 0.15) is 5.75 Å². The number of carbonyl (C=O) groups is 1. The maximum Gasteiger partial charge on any atom is 0.234 e. The smallest absolute Gasteiger partial charge is 0.234 e. The zero-order chi connectivity index (χ0) is 14.1. The molecule has 0 fully saturated rings. The Morgan fingerprint density at radius 2 is 1.80 bits per heavy atom. The lowest BCUT2D eigenvalue weighted by Crippen LogP contribution is -2.27. The molecule has 1 heterocycles. The molecule has 0 spiro atoms. The van der Waals surface area contributed by atoms with E-state index in [1.54, 1.807) is 7.11 Å². The van der Waals surface area contributed by atoms with Gasteiger partial charge in [0.05, 0.1) is 19.6 Å². The minimum absolute atomic E-state index is 0.0514. The van der Waals surface area contributed by atoms with E-state index in [-0.39, 0.29) is 11.8 Å². The van der Waals surface area contributed by atoms with Crippen LogP contribution in [0.2, 0.25) is 0 Å². The molecule has 0 saturated heterocycles. The fraction of sp³-hybridized carbons (Fsp3) is 0.235. The number of benzene rings is 2. The van der Waals surface area contributed by atoms with E-state index >= 15 is 0 Å². The van der Waals surface area contributed by atoms with Gasteiger partial charge in [-0.15, -0.1) is 0 Å². The summed E-state index contributed by atoms with van der Waals surface area (Å²) in [7, 11) is 1.65. The molecule has 3 heteroatoms. The van der Waals surface area contributed by atoms with Crippen LogP contribution in [-0.4, -0.2) is 13.0 Å². The maximum atomic E-state index is 12.4. The summed E-state index contributed by atoms with van der Waals surface area (Å²) in [5, 5.41) is 0. The number of fused-ring (bicyclic) bond motifs is 1. The summed E-state index contributed by atoms with van der Waals surface area (Å²) in [6.07, 6.45) is 0. The quantitative estimate of drug-likeness (QED) is 0.853. The van der Waals surface area contributed by atoms with Gasteiger partial charge >= 0.3 is 0 Å². The van der Waals surface area contributed by atoms with Crippen LogP contribution in [0.3, 0.4) is 0 Å². The predicted molar refractivity (Wildman–Crippen MR) is 79.0 cm³/mol. The molecule has 3 rings (SSSR count). The van der Waals surface area contributed by atoms with Crippen LogP contribution < -0.4 is 9.64 Å². The van der Waals surface area contributed by atoms with E-state index in [4.69, 9.17) is 4.74 Å². The van der Waals surface area contributed by atoms with E-state index in [1.165, 1.54) is 0 Å². The van der Waals surface area contributed by atoms with Crippen molar-refractivity contribution in [1.82, 2.24) is 0 Å². The average Bonchev–Trinajstić information content (AvgIpc) is 2.74. The highest BCUT2D eigenvalue weighted by molar-refractivity contribution is 6.04. The minimum Gasteiger partial charge on any atom is -0.497 e. The highest BCUT2D eigenvalue weighted by Crippen LogP contribution is 2.37. The monoisotopic (exact) mass is 267 g/mol. The second kappa shape index (κ2) is 5.00. The van der Waals surface area contributed by atoms with E-state index in [0.29, 0.717) is 6.54 Å². The van der Waals surface area contributed by atoms with E-state index in [2.05, 4.69) is 0 Å². The van der Waals surface area contributed by atoms with Gasteiger partial charge in [0, 0.05) is 5.69 Å². The zero-order valence-electron chi connectivity index (χ0n) is 11.7. The molecule has 0 aromatic heterocycles. The largest absolute Gasteiger partial charge is 0.497 e. The lowest BCUT2D eigenvalue weighted by molar-refractivity contribution is -0.119. The molecule has 3 nitrogen and oxygen atoms in total. The number of nitrogens with zero attached hydrogens (tertiary/aromatic N) is 1. The number of hydrogen-bond donors (Lipinski definition) is 0. The third kappa shape index (κ3) is 2.05. The summed E-state index contributed by atoms with van der Waals surface area (Å²) in [5.74, 6) is 0.946. The number of anilines is 1.